The van der Waals surface area contributed by atoms with Crippen LogP contribution in [0.15, 0.2) is 0 Å². The molecule has 0 unspecified atom stereocenters. The predicted molar refractivity (Wildman–Crippen MR) is 78.9 cm³/mol. The van der Waals surface area contributed by atoms with Gasteiger partial charge in [-0.1, -0.05) is 0 Å². The first-order valence-corrected chi connectivity index (χ1v) is 7.78. The highest BCUT2D eigenvalue weighted by Crippen LogP contribution is 2.18. The highest BCUT2D eigenvalue weighted by atomic mass is 16.6. The molecule has 2 heterocycles. The lowest BCUT2D eigenvalue weighted by Gasteiger charge is -2.22. The lowest BCUT2D eigenvalue weighted by Crippen LogP contribution is -2.46. The van der Waals surface area contributed by atoms with Crippen molar-refractivity contribution in [2.24, 2.45) is 5.73 Å². The summed E-state index contributed by atoms with van der Waals surface area (Å²) in [5.74, 6) is -2.25. The molecule has 2 fully saturated rings. The van der Waals surface area contributed by atoms with Crippen molar-refractivity contribution in [3.8, 4) is 0 Å². The highest BCUT2D eigenvalue weighted by Gasteiger charge is 2.35. The Kier molecular flexibility index (Phi) is 6.05. The molecular weight excluding hydrogens is 304 g/mol. The van der Waals surface area contributed by atoms with Crippen LogP contribution in [0, 0.1) is 0 Å². The minimum Gasteiger partial charge on any atom is -0.390 e. The summed E-state index contributed by atoms with van der Waals surface area (Å²) in [4.78, 5) is 48.3. The van der Waals surface area contributed by atoms with Crippen molar-refractivity contribution in [1.29, 1.82) is 0 Å². The van der Waals surface area contributed by atoms with Crippen molar-refractivity contribution in [3.05, 3.63) is 0 Å². The molecule has 0 aromatic carbocycles. The maximum atomic E-state index is 12.0. The van der Waals surface area contributed by atoms with Gasteiger partial charge in [0.25, 0.3) is 0 Å². The number of hydrogen-bond acceptors (Lipinski definition) is 7. The van der Waals surface area contributed by atoms with Crippen LogP contribution in [0.3, 0.4) is 0 Å². The third kappa shape index (κ3) is 4.49. The quantitative estimate of drug-likeness (QED) is 0.389. The molecule has 0 spiro atoms. The number of nitrogens with zero attached hydrogens (tertiary/aromatic N) is 1. The first kappa shape index (κ1) is 17.4. The maximum absolute atomic E-state index is 12.0. The van der Waals surface area contributed by atoms with Gasteiger partial charge in [-0.05, 0) is 32.2 Å². The zero-order chi connectivity index (χ0) is 16.8. The number of ether oxygens (including phenoxy) is 1. The summed E-state index contributed by atoms with van der Waals surface area (Å²) in [6.07, 6.45) is 2.73. The molecule has 128 valence electrons. The third-order valence-electron chi connectivity index (χ3n) is 4.02. The summed E-state index contributed by atoms with van der Waals surface area (Å²) in [6.45, 7) is 0.629. The monoisotopic (exact) mass is 326 g/mol. The van der Waals surface area contributed by atoms with E-state index in [1.54, 1.807) is 0 Å². The number of hydrogen-bond donors (Lipinski definition) is 3. The molecule has 9 nitrogen and oxygen atoms in total. The number of carbonyl (C=O) groups is 4. The Hall–Kier alpha value is -2.00. The first-order valence-electron chi connectivity index (χ1n) is 7.78. The smallest absolute Gasteiger partial charge is 0.336 e. The van der Waals surface area contributed by atoms with E-state index in [4.69, 9.17) is 10.5 Å². The molecule has 4 N–H and O–H groups in total. The number of nitrogens with one attached hydrogen (secondary N) is 2. The van der Waals surface area contributed by atoms with E-state index in [2.05, 4.69) is 10.6 Å². The number of carbonyl (C=O) groups excluding carboxylic acids is 4. The molecule has 2 rings (SSSR count). The van der Waals surface area contributed by atoms with E-state index in [1.807, 2.05) is 0 Å². The van der Waals surface area contributed by atoms with E-state index in [0.29, 0.717) is 19.4 Å². The van der Waals surface area contributed by atoms with Crippen molar-refractivity contribution >= 4 is 23.8 Å². The first-order chi connectivity index (χ1) is 11.0. The van der Waals surface area contributed by atoms with Crippen molar-refractivity contribution < 1.29 is 23.9 Å². The molecule has 2 aliphatic rings. The Balaban J connectivity index is 1.76. The Morgan fingerprint density at radius 1 is 1.22 bits per heavy atom. The van der Waals surface area contributed by atoms with E-state index >= 15 is 0 Å². The molecule has 2 aliphatic heterocycles. The standard InChI is InChI=1S/C14H22N4O5/c15-7-11(19)18-6-2-4-10(18)14(22)23-12(20)8-17-13(21)9-3-1-5-16-9/h9-10,16H,1-8,15H2,(H,17,21)/t9-,10-/m0/s1. The fourth-order valence-corrected chi connectivity index (χ4v) is 2.83. The molecule has 2 saturated heterocycles. The molecule has 0 aromatic rings. The Morgan fingerprint density at radius 3 is 2.65 bits per heavy atom. The second-order valence-electron chi connectivity index (χ2n) is 5.61. The van der Waals surface area contributed by atoms with Crippen molar-refractivity contribution in [1.82, 2.24) is 15.5 Å². The summed E-state index contributed by atoms with van der Waals surface area (Å²) < 4.78 is 4.72. The molecule has 23 heavy (non-hydrogen) atoms. The van der Waals surface area contributed by atoms with Crippen molar-refractivity contribution in [2.75, 3.05) is 26.2 Å². The van der Waals surface area contributed by atoms with Crippen LogP contribution < -0.4 is 16.4 Å². The van der Waals surface area contributed by atoms with Crippen LogP contribution in [0.1, 0.15) is 25.7 Å². The normalized spacial score (nSPS) is 23.6. The molecule has 0 aliphatic carbocycles. The van der Waals surface area contributed by atoms with Crippen molar-refractivity contribution in [3.63, 3.8) is 0 Å². The summed E-state index contributed by atoms with van der Waals surface area (Å²) in [5.41, 5.74) is 5.29. The van der Waals surface area contributed by atoms with Crippen LogP contribution in [-0.2, 0) is 23.9 Å². The van der Waals surface area contributed by atoms with Gasteiger partial charge in [-0.3, -0.25) is 9.59 Å². The molecular formula is C14H22N4O5. The van der Waals surface area contributed by atoms with Gasteiger partial charge in [0.15, 0.2) is 0 Å². The maximum Gasteiger partial charge on any atom is 0.336 e. The fraction of sp³-hybridized carbons (Fsp3) is 0.714. The Bertz CT molecular complexity index is 490. The van der Waals surface area contributed by atoms with Crippen LogP contribution in [0.2, 0.25) is 0 Å². The molecule has 0 bridgehead atoms. The van der Waals surface area contributed by atoms with E-state index in [1.165, 1.54) is 4.90 Å². The fourth-order valence-electron chi connectivity index (χ4n) is 2.83. The number of nitrogens with two attached hydrogens (primary N) is 1. The molecule has 0 radical (unpaired) electrons. The summed E-state index contributed by atoms with van der Waals surface area (Å²) in [7, 11) is 0. The molecule has 9 heteroatoms. The van der Waals surface area contributed by atoms with Gasteiger partial charge in [0.1, 0.15) is 12.6 Å². The number of esters is 2. The molecule has 2 atom stereocenters. The van der Waals surface area contributed by atoms with Gasteiger partial charge in [0.05, 0.1) is 12.6 Å². The topological polar surface area (TPSA) is 131 Å². The van der Waals surface area contributed by atoms with Gasteiger partial charge >= 0.3 is 11.9 Å². The molecule has 0 saturated carbocycles. The third-order valence-corrected chi connectivity index (χ3v) is 4.02. The summed E-state index contributed by atoms with van der Waals surface area (Å²) in [6, 6.07) is -1.08. The number of rotatable bonds is 5. The van der Waals surface area contributed by atoms with Crippen LogP contribution in [-0.4, -0.2) is 66.9 Å². The lowest BCUT2D eigenvalue weighted by atomic mass is 10.2. The van der Waals surface area contributed by atoms with Gasteiger partial charge in [0.2, 0.25) is 11.8 Å². The van der Waals surface area contributed by atoms with Gasteiger partial charge in [-0.2, -0.15) is 0 Å². The van der Waals surface area contributed by atoms with Gasteiger partial charge < -0.3 is 26.0 Å². The van der Waals surface area contributed by atoms with Gasteiger partial charge in [0, 0.05) is 6.54 Å². The Labute approximate surface area is 133 Å². The predicted octanol–water partition coefficient (Wildman–Crippen LogP) is -2.13. The van der Waals surface area contributed by atoms with Crippen LogP contribution in [0.4, 0.5) is 0 Å². The van der Waals surface area contributed by atoms with E-state index < -0.39 is 18.0 Å². The average molecular weight is 326 g/mol. The van der Waals surface area contributed by atoms with Crippen LogP contribution in [0.25, 0.3) is 0 Å². The minimum atomic E-state index is -0.839. The average Bonchev–Trinajstić information content (AvgIpc) is 3.22. The van der Waals surface area contributed by atoms with Gasteiger partial charge in [-0.25, -0.2) is 9.59 Å². The number of likely N-dealkylation sites (tertiary alicyclic amines) is 1. The molecule has 2 amide bonds. The second kappa shape index (κ2) is 8.02. The Morgan fingerprint density at radius 2 is 2.00 bits per heavy atom. The zero-order valence-electron chi connectivity index (χ0n) is 12.9. The number of amides is 2. The summed E-state index contributed by atoms with van der Waals surface area (Å²) in [5, 5.41) is 5.44. The van der Waals surface area contributed by atoms with E-state index in [0.717, 1.165) is 19.4 Å². The van der Waals surface area contributed by atoms with Crippen molar-refractivity contribution in [2.45, 2.75) is 37.8 Å². The second-order valence-corrected chi connectivity index (χ2v) is 5.61. The highest BCUT2D eigenvalue weighted by molar-refractivity contribution is 5.94. The van der Waals surface area contributed by atoms with Gasteiger partial charge in [-0.15, -0.1) is 0 Å². The van der Waals surface area contributed by atoms with E-state index in [-0.39, 0.29) is 30.9 Å². The SMILES string of the molecule is NCC(=O)N1CCC[C@H]1C(=O)OC(=O)CNC(=O)[C@@H]1CCCN1. The van der Waals surface area contributed by atoms with Crippen LogP contribution >= 0.6 is 0 Å². The van der Waals surface area contributed by atoms with Crippen LogP contribution in [0.5, 0.6) is 0 Å². The zero-order valence-corrected chi connectivity index (χ0v) is 12.9. The lowest BCUT2D eigenvalue weighted by molar-refractivity contribution is -0.164. The summed E-state index contributed by atoms with van der Waals surface area (Å²) >= 11 is 0. The largest absolute Gasteiger partial charge is 0.390 e. The molecule has 0 aromatic heterocycles. The minimum absolute atomic E-state index is 0.192. The van der Waals surface area contributed by atoms with E-state index in [9.17, 15) is 19.2 Å².